The van der Waals surface area contributed by atoms with Gasteiger partial charge in [-0.05, 0) is 29.8 Å². The lowest BCUT2D eigenvalue weighted by atomic mass is 10.1. The Morgan fingerprint density at radius 2 is 1.96 bits per heavy atom. The number of hydrogen-bond acceptors (Lipinski definition) is 3. The predicted molar refractivity (Wildman–Crippen MR) is 87.0 cm³/mol. The topological polar surface area (TPSA) is 58.6 Å². The Hall–Kier alpha value is -2.96. The van der Waals surface area contributed by atoms with Gasteiger partial charge in [-0.15, -0.1) is 0 Å². The smallest absolute Gasteiger partial charge is 0.416 e. The molecule has 0 aliphatic rings. The Labute approximate surface area is 142 Å². The number of rotatable bonds is 5. The van der Waals surface area contributed by atoms with Gasteiger partial charge in [0, 0.05) is 18.2 Å². The lowest BCUT2D eigenvalue weighted by Crippen LogP contribution is -2.20. The zero-order chi connectivity index (χ0) is 18.4. The summed E-state index contributed by atoms with van der Waals surface area (Å²) < 4.78 is 42.9. The van der Waals surface area contributed by atoms with E-state index in [9.17, 15) is 23.1 Å². The average Bonchev–Trinajstić information content (AvgIpc) is 2.58. The molecule has 0 aromatic heterocycles. The largest absolute Gasteiger partial charge is 0.504 e. The van der Waals surface area contributed by atoms with E-state index >= 15 is 0 Å². The molecule has 132 valence electrons. The molecule has 0 radical (unpaired) electrons. The normalized spacial score (nSPS) is 11.5. The quantitative estimate of drug-likeness (QED) is 0.807. The molecule has 0 spiro atoms. The first kappa shape index (κ1) is 18.4. The number of alkyl halides is 3. The molecule has 0 aliphatic heterocycles. The number of halogens is 3. The molecule has 0 saturated heterocycles. The SMILES string of the molecule is COc1cccc(C=CC(=O)NCc2cccc(C(F)(F)F)c2)c1O. The van der Waals surface area contributed by atoms with Crippen molar-refractivity contribution in [3.8, 4) is 11.5 Å². The molecule has 0 heterocycles. The van der Waals surface area contributed by atoms with Crippen molar-refractivity contribution in [2.45, 2.75) is 12.7 Å². The van der Waals surface area contributed by atoms with Gasteiger partial charge in [-0.2, -0.15) is 13.2 Å². The number of para-hydroxylation sites is 1. The van der Waals surface area contributed by atoms with E-state index < -0.39 is 17.6 Å². The molecule has 2 aromatic rings. The zero-order valence-corrected chi connectivity index (χ0v) is 13.3. The van der Waals surface area contributed by atoms with Crippen molar-refractivity contribution in [3.63, 3.8) is 0 Å². The number of amides is 1. The summed E-state index contributed by atoms with van der Waals surface area (Å²) in [5, 5.41) is 12.4. The highest BCUT2D eigenvalue weighted by Gasteiger charge is 2.30. The van der Waals surface area contributed by atoms with E-state index in [1.165, 1.54) is 31.4 Å². The Balaban J connectivity index is 2.00. The number of methoxy groups -OCH3 is 1. The molecule has 4 nitrogen and oxygen atoms in total. The third-order valence-corrected chi connectivity index (χ3v) is 3.39. The van der Waals surface area contributed by atoms with Crippen LogP contribution in [-0.2, 0) is 17.5 Å². The fourth-order valence-electron chi connectivity index (χ4n) is 2.11. The van der Waals surface area contributed by atoms with Crippen LogP contribution < -0.4 is 10.1 Å². The zero-order valence-electron chi connectivity index (χ0n) is 13.3. The van der Waals surface area contributed by atoms with Gasteiger partial charge >= 0.3 is 6.18 Å². The minimum absolute atomic E-state index is 0.0445. The van der Waals surface area contributed by atoms with Crippen LogP contribution in [0.1, 0.15) is 16.7 Å². The van der Waals surface area contributed by atoms with Crippen LogP contribution in [0.5, 0.6) is 11.5 Å². The molecule has 0 bridgehead atoms. The van der Waals surface area contributed by atoms with Crippen LogP contribution in [0.25, 0.3) is 6.08 Å². The number of nitrogens with one attached hydrogen (secondary N) is 1. The number of aromatic hydroxyl groups is 1. The first-order chi connectivity index (χ1) is 11.8. The van der Waals surface area contributed by atoms with Crippen molar-refractivity contribution in [1.29, 1.82) is 0 Å². The highest BCUT2D eigenvalue weighted by molar-refractivity contribution is 5.92. The fraction of sp³-hybridized carbons (Fsp3) is 0.167. The van der Waals surface area contributed by atoms with Crippen LogP contribution >= 0.6 is 0 Å². The maximum Gasteiger partial charge on any atom is 0.416 e. The summed E-state index contributed by atoms with van der Waals surface area (Å²) >= 11 is 0. The third kappa shape index (κ3) is 5.00. The van der Waals surface area contributed by atoms with Gasteiger partial charge < -0.3 is 15.2 Å². The number of hydrogen-bond donors (Lipinski definition) is 2. The van der Waals surface area contributed by atoms with E-state index in [0.717, 1.165) is 12.1 Å². The number of carbonyl (C=O) groups excluding carboxylic acids is 1. The summed E-state index contributed by atoms with van der Waals surface area (Å²) in [5.41, 5.74) is -0.0505. The average molecular weight is 351 g/mol. The van der Waals surface area contributed by atoms with E-state index in [4.69, 9.17) is 4.74 Å². The summed E-state index contributed by atoms with van der Waals surface area (Å²) in [7, 11) is 1.41. The molecular weight excluding hydrogens is 335 g/mol. The van der Waals surface area contributed by atoms with Crippen LogP contribution in [0.3, 0.4) is 0 Å². The van der Waals surface area contributed by atoms with Crippen molar-refractivity contribution in [2.75, 3.05) is 7.11 Å². The molecule has 2 N–H and O–H groups in total. The lowest BCUT2D eigenvalue weighted by Gasteiger charge is -2.09. The van der Waals surface area contributed by atoms with Crippen LogP contribution in [0, 0.1) is 0 Å². The monoisotopic (exact) mass is 351 g/mol. The maximum atomic E-state index is 12.6. The van der Waals surface area contributed by atoms with Gasteiger partial charge in [-0.25, -0.2) is 0 Å². The van der Waals surface area contributed by atoms with Crippen LogP contribution in [0.15, 0.2) is 48.5 Å². The maximum absolute atomic E-state index is 12.6. The highest BCUT2D eigenvalue weighted by atomic mass is 19.4. The molecule has 1 amide bonds. The molecule has 0 atom stereocenters. The summed E-state index contributed by atoms with van der Waals surface area (Å²) in [5.74, 6) is -0.335. The van der Waals surface area contributed by atoms with Crippen molar-refractivity contribution in [3.05, 3.63) is 65.2 Å². The number of phenols is 1. The molecular formula is C18H16F3NO3. The Morgan fingerprint density at radius 1 is 1.24 bits per heavy atom. The van der Waals surface area contributed by atoms with Gasteiger partial charge in [0.1, 0.15) is 0 Å². The Kier molecular flexibility index (Phi) is 5.69. The fourth-order valence-corrected chi connectivity index (χ4v) is 2.11. The van der Waals surface area contributed by atoms with Gasteiger partial charge in [0.2, 0.25) is 5.91 Å². The first-order valence-corrected chi connectivity index (χ1v) is 7.29. The lowest BCUT2D eigenvalue weighted by molar-refractivity contribution is -0.137. The minimum atomic E-state index is -4.43. The van der Waals surface area contributed by atoms with Crippen LogP contribution in [0.2, 0.25) is 0 Å². The molecule has 0 unspecified atom stereocenters. The van der Waals surface area contributed by atoms with E-state index in [0.29, 0.717) is 11.1 Å². The van der Waals surface area contributed by atoms with E-state index in [2.05, 4.69) is 5.32 Å². The number of carbonyl (C=O) groups is 1. The third-order valence-electron chi connectivity index (χ3n) is 3.39. The van der Waals surface area contributed by atoms with Gasteiger partial charge in [-0.3, -0.25) is 4.79 Å². The van der Waals surface area contributed by atoms with E-state index in [-0.39, 0.29) is 18.0 Å². The molecule has 2 aromatic carbocycles. The summed E-state index contributed by atoms with van der Waals surface area (Å²) in [6, 6.07) is 9.55. The van der Waals surface area contributed by atoms with E-state index in [1.807, 2.05) is 0 Å². The van der Waals surface area contributed by atoms with Crippen molar-refractivity contribution >= 4 is 12.0 Å². The molecule has 0 fully saturated rings. The second-order valence-corrected chi connectivity index (χ2v) is 5.15. The van der Waals surface area contributed by atoms with Gasteiger partial charge in [-0.1, -0.05) is 24.3 Å². The van der Waals surface area contributed by atoms with Gasteiger partial charge in [0.15, 0.2) is 11.5 Å². The van der Waals surface area contributed by atoms with E-state index in [1.54, 1.807) is 18.2 Å². The van der Waals surface area contributed by atoms with Gasteiger partial charge in [0.25, 0.3) is 0 Å². The molecule has 2 rings (SSSR count). The second-order valence-electron chi connectivity index (χ2n) is 5.15. The second kappa shape index (κ2) is 7.74. The number of phenolic OH excluding ortho intramolecular Hbond substituents is 1. The minimum Gasteiger partial charge on any atom is -0.504 e. The number of ether oxygens (including phenoxy) is 1. The first-order valence-electron chi connectivity index (χ1n) is 7.29. The van der Waals surface area contributed by atoms with Crippen molar-refractivity contribution in [2.24, 2.45) is 0 Å². The molecule has 25 heavy (non-hydrogen) atoms. The molecule has 0 aliphatic carbocycles. The highest BCUT2D eigenvalue weighted by Crippen LogP contribution is 2.30. The molecule has 0 saturated carbocycles. The summed E-state index contributed by atoms with van der Waals surface area (Å²) in [6.45, 7) is -0.0445. The predicted octanol–water partition coefficient (Wildman–Crippen LogP) is 3.75. The standard InChI is InChI=1S/C18H16F3NO3/c1-25-15-7-3-5-13(17(15)24)8-9-16(23)22-11-12-4-2-6-14(10-12)18(19,20)21/h2-10,24H,11H2,1H3,(H,22,23). The van der Waals surface area contributed by atoms with Crippen LogP contribution in [-0.4, -0.2) is 18.1 Å². The summed E-state index contributed by atoms with van der Waals surface area (Å²) in [6.07, 6.45) is -1.86. The van der Waals surface area contributed by atoms with Crippen molar-refractivity contribution < 1.29 is 27.8 Å². The Bertz CT molecular complexity index is 785. The van der Waals surface area contributed by atoms with Crippen molar-refractivity contribution in [1.82, 2.24) is 5.32 Å². The van der Waals surface area contributed by atoms with Crippen LogP contribution in [0.4, 0.5) is 13.2 Å². The Morgan fingerprint density at radius 3 is 2.64 bits per heavy atom. The molecule has 7 heteroatoms. The van der Waals surface area contributed by atoms with Gasteiger partial charge in [0.05, 0.1) is 12.7 Å². The summed E-state index contributed by atoms with van der Waals surface area (Å²) in [4.78, 5) is 11.8. The number of benzene rings is 2.